The first-order valence-corrected chi connectivity index (χ1v) is 10.9. The number of carbonyl (C=O) groups excluding carboxylic acids is 1. The number of hydrogen-bond acceptors (Lipinski definition) is 6. The minimum absolute atomic E-state index is 0.114. The molecule has 0 saturated carbocycles. The van der Waals surface area contributed by atoms with E-state index in [2.05, 4.69) is 4.72 Å². The Labute approximate surface area is 175 Å². The van der Waals surface area contributed by atoms with Crippen molar-refractivity contribution < 1.29 is 23.1 Å². The Balaban J connectivity index is 1.76. The summed E-state index contributed by atoms with van der Waals surface area (Å²) in [5.41, 5.74) is 0.465. The number of thiophene rings is 1. The zero-order valence-corrected chi connectivity index (χ0v) is 17.2. The predicted octanol–water partition coefficient (Wildman–Crippen LogP) is 4.92. The van der Waals surface area contributed by atoms with Gasteiger partial charge in [-0.2, -0.15) is 0 Å². The normalized spacial score (nSPS) is 11.2. The van der Waals surface area contributed by atoms with Crippen molar-refractivity contribution in [1.82, 2.24) is 0 Å². The average molecular weight is 458 g/mol. The van der Waals surface area contributed by atoms with Crippen LogP contribution in [0.1, 0.15) is 15.9 Å². The van der Waals surface area contributed by atoms with Crippen LogP contribution >= 0.6 is 34.5 Å². The molecule has 1 heterocycles. The number of hydrogen-bond donors (Lipinski definition) is 2. The van der Waals surface area contributed by atoms with E-state index in [0.29, 0.717) is 15.6 Å². The molecule has 6 nitrogen and oxygen atoms in total. The van der Waals surface area contributed by atoms with Crippen molar-refractivity contribution in [2.24, 2.45) is 0 Å². The lowest BCUT2D eigenvalue weighted by Crippen LogP contribution is -2.12. The van der Waals surface area contributed by atoms with Gasteiger partial charge in [0.25, 0.3) is 10.0 Å². The summed E-state index contributed by atoms with van der Waals surface area (Å²) in [6.07, 6.45) is 0. The van der Waals surface area contributed by atoms with Gasteiger partial charge in [0.15, 0.2) is 0 Å². The van der Waals surface area contributed by atoms with E-state index in [-0.39, 0.29) is 27.8 Å². The van der Waals surface area contributed by atoms with Crippen molar-refractivity contribution in [2.45, 2.75) is 10.8 Å². The number of nitrogens with one attached hydrogen (secondary N) is 1. The lowest BCUT2D eigenvalue weighted by molar-refractivity contribution is 0.0469. The summed E-state index contributed by atoms with van der Waals surface area (Å²) in [4.78, 5) is 12.3. The molecule has 0 radical (unpaired) electrons. The Bertz CT molecular complexity index is 1120. The molecule has 0 bridgehead atoms. The van der Waals surface area contributed by atoms with Crippen LogP contribution in [0.2, 0.25) is 10.0 Å². The van der Waals surface area contributed by atoms with Crippen LogP contribution in [-0.4, -0.2) is 19.5 Å². The molecule has 3 rings (SSSR count). The summed E-state index contributed by atoms with van der Waals surface area (Å²) in [6, 6.07) is 11.6. The number of esters is 1. The SMILES string of the molecule is O=C(OCc1ccc(Cl)cc1Cl)c1cc(NS(=O)(=O)c2cccs2)ccc1O. The van der Waals surface area contributed by atoms with Crippen LogP contribution in [-0.2, 0) is 21.4 Å². The molecular weight excluding hydrogens is 445 g/mol. The molecule has 0 amide bonds. The minimum atomic E-state index is -3.79. The van der Waals surface area contributed by atoms with Gasteiger partial charge in [0.05, 0.1) is 0 Å². The maximum atomic E-state index is 12.3. The molecule has 2 aromatic carbocycles. The molecule has 10 heteroatoms. The topological polar surface area (TPSA) is 92.7 Å². The summed E-state index contributed by atoms with van der Waals surface area (Å²) in [6.45, 7) is -0.139. The number of benzene rings is 2. The molecule has 0 atom stereocenters. The number of ether oxygens (including phenoxy) is 1. The minimum Gasteiger partial charge on any atom is -0.507 e. The van der Waals surface area contributed by atoms with Crippen molar-refractivity contribution in [3.8, 4) is 5.75 Å². The van der Waals surface area contributed by atoms with Crippen molar-refractivity contribution in [2.75, 3.05) is 4.72 Å². The molecular formula is C18H13Cl2NO5S2. The number of anilines is 1. The summed E-state index contributed by atoms with van der Waals surface area (Å²) < 4.78 is 32.3. The number of phenolic OH excluding ortho intramolecular Hbond substituents is 1. The molecule has 28 heavy (non-hydrogen) atoms. The van der Waals surface area contributed by atoms with Crippen LogP contribution in [0.15, 0.2) is 58.1 Å². The van der Waals surface area contributed by atoms with E-state index in [1.165, 1.54) is 30.3 Å². The fourth-order valence-corrected chi connectivity index (χ4v) is 4.75. The molecule has 0 aliphatic carbocycles. The summed E-state index contributed by atoms with van der Waals surface area (Å²) in [5, 5.41) is 12.4. The second-order valence-electron chi connectivity index (χ2n) is 5.58. The Kier molecular flexibility index (Phi) is 6.14. The monoisotopic (exact) mass is 457 g/mol. The zero-order chi connectivity index (χ0) is 20.3. The largest absolute Gasteiger partial charge is 0.507 e. The maximum absolute atomic E-state index is 12.3. The number of phenols is 1. The third kappa shape index (κ3) is 4.77. The van der Waals surface area contributed by atoms with Gasteiger partial charge in [-0.3, -0.25) is 4.72 Å². The summed E-state index contributed by atoms with van der Waals surface area (Å²) in [5.74, 6) is -1.17. The molecule has 0 saturated heterocycles. The Morgan fingerprint density at radius 3 is 2.61 bits per heavy atom. The number of halogens is 2. The van der Waals surface area contributed by atoms with Gasteiger partial charge in [-0.1, -0.05) is 35.3 Å². The smallest absolute Gasteiger partial charge is 0.342 e. The van der Waals surface area contributed by atoms with E-state index in [1.54, 1.807) is 23.6 Å². The Hall–Kier alpha value is -2.26. The number of sulfonamides is 1. The fourth-order valence-electron chi connectivity index (χ4n) is 2.24. The quantitative estimate of drug-likeness (QED) is 0.404. The van der Waals surface area contributed by atoms with Gasteiger partial charge in [0, 0.05) is 21.3 Å². The molecule has 0 aliphatic heterocycles. The maximum Gasteiger partial charge on any atom is 0.342 e. The molecule has 2 N–H and O–H groups in total. The van der Waals surface area contributed by atoms with Crippen molar-refractivity contribution in [1.29, 1.82) is 0 Å². The highest BCUT2D eigenvalue weighted by Crippen LogP contribution is 2.27. The standard InChI is InChI=1S/C18H13Cl2NO5S2/c19-12-4-3-11(15(20)8-12)10-26-18(23)14-9-13(5-6-16(14)22)21-28(24,25)17-2-1-7-27-17/h1-9,21-22H,10H2. The first-order chi connectivity index (χ1) is 13.3. The highest BCUT2D eigenvalue weighted by atomic mass is 35.5. The van der Waals surface area contributed by atoms with E-state index in [4.69, 9.17) is 27.9 Å². The molecule has 0 aliphatic rings. The van der Waals surface area contributed by atoms with Gasteiger partial charge >= 0.3 is 5.97 Å². The summed E-state index contributed by atoms with van der Waals surface area (Å²) >= 11 is 12.9. The third-order valence-electron chi connectivity index (χ3n) is 3.60. The van der Waals surface area contributed by atoms with Gasteiger partial charge < -0.3 is 9.84 Å². The number of carbonyl (C=O) groups is 1. The highest BCUT2D eigenvalue weighted by molar-refractivity contribution is 7.94. The van der Waals surface area contributed by atoms with E-state index in [1.807, 2.05) is 0 Å². The van der Waals surface area contributed by atoms with Crippen LogP contribution in [0.4, 0.5) is 5.69 Å². The Morgan fingerprint density at radius 1 is 1.14 bits per heavy atom. The molecule has 146 valence electrons. The molecule has 0 fully saturated rings. The van der Waals surface area contributed by atoms with E-state index < -0.39 is 16.0 Å². The van der Waals surface area contributed by atoms with Crippen LogP contribution in [0, 0.1) is 0 Å². The number of rotatable bonds is 6. The average Bonchev–Trinajstić information content (AvgIpc) is 3.18. The second kappa shape index (κ2) is 8.40. The van der Waals surface area contributed by atoms with Crippen LogP contribution in [0.25, 0.3) is 0 Å². The van der Waals surface area contributed by atoms with Crippen LogP contribution in [0.3, 0.4) is 0 Å². The van der Waals surface area contributed by atoms with Gasteiger partial charge in [-0.25, -0.2) is 13.2 Å². The second-order valence-corrected chi connectivity index (χ2v) is 9.28. The Morgan fingerprint density at radius 2 is 1.93 bits per heavy atom. The van der Waals surface area contributed by atoms with Gasteiger partial charge in [0.2, 0.25) is 0 Å². The predicted molar refractivity (Wildman–Crippen MR) is 109 cm³/mol. The molecule has 0 unspecified atom stereocenters. The molecule has 3 aromatic rings. The van der Waals surface area contributed by atoms with E-state index >= 15 is 0 Å². The van der Waals surface area contributed by atoms with Crippen LogP contribution in [0.5, 0.6) is 5.75 Å². The van der Waals surface area contributed by atoms with E-state index in [9.17, 15) is 18.3 Å². The molecule has 0 spiro atoms. The van der Waals surface area contributed by atoms with Gasteiger partial charge in [0.1, 0.15) is 22.1 Å². The van der Waals surface area contributed by atoms with Crippen LogP contribution < -0.4 is 4.72 Å². The third-order valence-corrected chi connectivity index (χ3v) is 6.97. The van der Waals surface area contributed by atoms with Crippen molar-refractivity contribution >= 4 is 56.2 Å². The fraction of sp³-hybridized carbons (Fsp3) is 0.0556. The van der Waals surface area contributed by atoms with Crippen molar-refractivity contribution in [3.63, 3.8) is 0 Å². The first-order valence-electron chi connectivity index (χ1n) is 7.76. The lowest BCUT2D eigenvalue weighted by Gasteiger charge is -2.11. The molecule has 1 aromatic heterocycles. The summed E-state index contributed by atoms with van der Waals surface area (Å²) in [7, 11) is -3.79. The van der Waals surface area contributed by atoms with Gasteiger partial charge in [-0.05, 0) is 41.8 Å². The highest BCUT2D eigenvalue weighted by Gasteiger charge is 2.19. The van der Waals surface area contributed by atoms with E-state index in [0.717, 1.165) is 11.3 Å². The zero-order valence-electron chi connectivity index (χ0n) is 14.1. The van der Waals surface area contributed by atoms with Crippen molar-refractivity contribution in [3.05, 3.63) is 75.1 Å². The lowest BCUT2D eigenvalue weighted by atomic mass is 10.2. The van der Waals surface area contributed by atoms with Gasteiger partial charge in [-0.15, -0.1) is 11.3 Å². The number of aromatic hydroxyl groups is 1. The first kappa shape index (κ1) is 20.5.